The van der Waals surface area contributed by atoms with Gasteiger partial charge in [-0.3, -0.25) is 4.90 Å². The molecule has 3 saturated heterocycles. The van der Waals surface area contributed by atoms with E-state index in [1.54, 1.807) is 18.2 Å². The molecule has 1 N–H and O–H groups in total. The molecular formula is C34H34F2N4O3. The van der Waals surface area contributed by atoms with Crippen LogP contribution in [0.2, 0.25) is 0 Å². The van der Waals surface area contributed by atoms with E-state index < -0.39 is 12.0 Å². The van der Waals surface area contributed by atoms with Crippen LogP contribution in [-0.2, 0) is 4.74 Å². The SMILES string of the molecule is C#Cc1c(F)ccc2cc(O)cc(-c3ccc4c(N5CCCOCC5)nc(OCC56CCCN5CC(F)C6)nc4c3C)c12. The first-order valence-electron chi connectivity index (χ1n) is 14.9. The lowest BCUT2D eigenvalue weighted by Gasteiger charge is -2.31. The first kappa shape index (κ1) is 27.8. The molecule has 7 nitrogen and oxygen atoms in total. The Balaban J connectivity index is 1.38. The number of alkyl halides is 1. The predicted octanol–water partition coefficient (Wildman–Crippen LogP) is 5.77. The van der Waals surface area contributed by atoms with Gasteiger partial charge in [0, 0.05) is 43.4 Å². The molecule has 4 heterocycles. The van der Waals surface area contributed by atoms with E-state index in [-0.39, 0.29) is 22.9 Å². The van der Waals surface area contributed by atoms with Crippen molar-refractivity contribution < 1.29 is 23.4 Å². The Morgan fingerprint density at radius 3 is 2.86 bits per heavy atom. The number of anilines is 1. The van der Waals surface area contributed by atoms with E-state index in [1.807, 2.05) is 19.1 Å². The fraction of sp³-hybridized carbons (Fsp3) is 0.412. The number of benzene rings is 3. The third-order valence-electron chi connectivity index (χ3n) is 9.32. The maximum atomic E-state index is 14.9. The molecule has 1 aromatic heterocycles. The monoisotopic (exact) mass is 584 g/mol. The summed E-state index contributed by atoms with van der Waals surface area (Å²) in [5, 5.41) is 12.7. The van der Waals surface area contributed by atoms with Crippen LogP contribution < -0.4 is 9.64 Å². The molecule has 2 unspecified atom stereocenters. The number of phenolic OH excluding ortho intramolecular Hbond substituents is 1. The average molecular weight is 585 g/mol. The highest BCUT2D eigenvalue weighted by molar-refractivity contribution is 6.05. The first-order valence-corrected chi connectivity index (χ1v) is 14.9. The summed E-state index contributed by atoms with van der Waals surface area (Å²) >= 11 is 0. The van der Waals surface area contributed by atoms with Gasteiger partial charge in [-0.2, -0.15) is 9.97 Å². The van der Waals surface area contributed by atoms with Crippen LogP contribution in [0.4, 0.5) is 14.6 Å². The molecule has 4 aromatic rings. The van der Waals surface area contributed by atoms with E-state index in [9.17, 15) is 13.9 Å². The summed E-state index contributed by atoms with van der Waals surface area (Å²) in [4.78, 5) is 14.2. The van der Waals surface area contributed by atoms with Crippen molar-refractivity contribution in [2.75, 3.05) is 50.9 Å². The molecule has 0 saturated carbocycles. The Labute approximate surface area is 249 Å². The first-order chi connectivity index (χ1) is 20.9. The van der Waals surface area contributed by atoms with Gasteiger partial charge in [-0.25, -0.2) is 8.78 Å². The molecule has 43 heavy (non-hydrogen) atoms. The van der Waals surface area contributed by atoms with Crippen LogP contribution in [0.25, 0.3) is 32.8 Å². The lowest BCUT2D eigenvalue weighted by atomic mass is 9.91. The smallest absolute Gasteiger partial charge is 0.319 e. The zero-order valence-corrected chi connectivity index (χ0v) is 24.2. The number of terminal acetylenes is 1. The summed E-state index contributed by atoms with van der Waals surface area (Å²) in [6, 6.07) is 10.3. The normalized spacial score (nSPS) is 22.6. The minimum atomic E-state index is -0.853. The molecule has 0 aliphatic carbocycles. The molecule has 3 aliphatic rings. The fourth-order valence-corrected chi connectivity index (χ4v) is 7.28. The third-order valence-corrected chi connectivity index (χ3v) is 9.32. The summed E-state index contributed by atoms with van der Waals surface area (Å²) in [5.74, 6) is 2.82. The summed E-state index contributed by atoms with van der Waals surface area (Å²) in [6.07, 6.45) is 8.14. The summed E-state index contributed by atoms with van der Waals surface area (Å²) < 4.78 is 41.4. The number of rotatable bonds is 5. The van der Waals surface area contributed by atoms with Gasteiger partial charge >= 0.3 is 6.01 Å². The number of ether oxygens (including phenoxy) is 2. The largest absolute Gasteiger partial charge is 0.508 e. The van der Waals surface area contributed by atoms with Crippen LogP contribution in [-0.4, -0.2) is 77.7 Å². The number of fused-ring (bicyclic) bond motifs is 3. The van der Waals surface area contributed by atoms with Crippen molar-refractivity contribution in [2.45, 2.75) is 44.3 Å². The molecule has 0 spiro atoms. The van der Waals surface area contributed by atoms with Crippen molar-refractivity contribution >= 4 is 27.5 Å². The molecule has 0 amide bonds. The maximum Gasteiger partial charge on any atom is 0.319 e. The Morgan fingerprint density at radius 2 is 2.00 bits per heavy atom. The Bertz CT molecular complexity index is 1770. The van der Waals surface area contributed by atoms with E-state index in [2.05, 4.69) is 15.7 Å². The second-order valence-electron chi connectivity index (χ2n) is 11.9. The number of aromatic nitrogens is 2. The fourth-order valence-electron chi connectivity index (χ4n) is 7.28. The van der Waals surface area contributed by atoms with Crippen molar-refractivity contribution in [2.24, 2.45) is 0 Å². The van der Waals surface area contributed by atoms with Gasteiger partial charge < -0.3 is 19.5 Å². The van der Waals surface area contributed by atoms with E-state index in [1.165, 1.54) is 6.07 Å². The lowest BCUT2D eigenvalue weighted by molar-refractivity contribution is 0.107. The van der Waals surface area contributed by atoms with Crippen LogP contribution in [0.1, 0.15) is 36.8 Å². The Kier molecular flexibility index (Phi) is 7.07. The van der Waals surface area contributed by atoms with Crippen molar-refractivity contribution in [1.29, 1.82) is 0 Å². The van der Waals surface area contributed by atoms with Gasteiger partial charge in [-0.15, -0.1) is 6.42 Å². The summed E-state index contributed by atoms with van der Waals surface area (Å²) in [6.45, 7) is 6.32. The highest BCUT2D eigenvalue weighted by atomic mass is 19.1. The topological polar surface area (TPSA) is 71.0 Å². The number of phenols is 1. The number of nitrogens with zero attached hydrogens (tertiary/aromatic N) is 4. The van der Waals surface area contributed by atoms with Crippen LogP contribution in [0, 0.1) is 25.1 Å². The van der Waals surface area contributed by atoms with Gasteiger partial charge in [0.1, 0.15) is 30.2 Å². The molecule has 3 aromatic carbocycles. The Hall–Kier alpha value is -4.00. The highest BCUT2D eigenvalue weighted by Gasteiger charge is 2.49. The van der Waals surface area contributed by atoms with Crippen molar-refractivity contribution in [1.82, 2.24) is 14.9 Å². The maximum absolute atomic E-state index is 14.9. The van der Waals surface area contributed by atoms with Crippen molar-refractivity contribution in [3.8, 4) is 35.2 Å². The molecule has 0 radical (unpaired) electrons. The van der Waals surface area contributed by atoms with Crippen LogP contribution in [0.15, 0.2) is 36.4 Å². The highest BCUT2D eigenvalue weighted by Crippen LogP contribution is 2.42. The van der Waals surface area contributed by atoms with E-state index >= 15 is 0 Å². The molecule has 3 aliphatic heterocycles. The predicted molar refractivity (Wildman–Crippen MR) is 163 cm³/mol. The van der Waals surface area contributed by atoms with E-state index in [0.717, 1.165) is 54.7 Å². The number of aromatic hydroxyl groups is 1. The number of aryl methyl sites for hydroxylation is 1. The van der Waals surface area contributed by atoms with Crippen LogP contribution >= 0.6 is 0 Å². The zero-order valence-electron chi connectivity index (χ0n) is 24.2. The van der Waals surface area contributed by atoms with Crippen molar-refractivity contribution in [3.63, 3.8) is 0 Å². The van der Waals surface area contributed by atoms with Gasteiger partial charge in [0.05, 0.1) is 23.2 Å². The zero-order chi connectivity index (χ0) is 29.7. The molecule has 7 rings (SSSR count). The number of hydrogen-bond donors (Lipinski definition) is 1. The van der Waals surface area contributed by atoms with Crippen LogP contribution in [0.5, 0.6) is 11.8 Å². The lowest BCUT2D eigenvalue weighted by Crippen LogP contribution is -2.43. The average Bonchev–Trinajstić information content (AvgIpc) is 3.37. The van der Waals surface area contributed by atoms with Gasteiger partial charge in [-0.1, -0.05) is 18.1 Å². The van der Waals surface area contributed by atoms with E-state index in [0.29, 0.717) is 61.2 Å². The summed E-state index contributed by atoms with van der Waals surface area (Å²) in [7, 11) is 0. The van der Waals surface area contributed by atoms with Crippen LogP contribution in [0.3, 0.4) is 0 Å². The molecule has 9 heteroatoms. The summed E-state index contributed by atoms with van der Waals surface area (Å²) in [5.41, 5.74) is 2.71. The quantitative estimate of drug-likeness (QED) is 0.299. The number of halogens is 2. The van der Waals surface area contributed by atoms with Gasteiger partial charge in [0.25, 0.3) is 0 Å². The van der Waals surface area contributed by atoms with E-state index in [4.69, 9.17) is 25.9 Å². The standard InChI is InChI=1S/C34H34F2N4O3/c1-3-25-29(36)9-6-22-16-24(41)17-28(30(22)25)26-7-8-27-31(21(26)2)37-33(38-32(27)39-11-5-14-42-15-13-39)43-20-34-10-4-12-40(34)19-23(35)18-34/h1,6-9,16-17,23,41H,4-5,10-15,18-20H2,2H3. The number of hydrogen-bond acceptors (Lipinski definition) is 7. The molecule has 222 valence electrons. The second-order valence-corrected chi connectivity index (χ2v) is 11.9. The molecular weight excluding hydrogens is 550 g/mol. The third kappa shape index (κ3) is 4.83. The minimum absolute atomic E-state index is 0.0525. The van der Waals surface area contributed by atoms with Gasteiger partial charge in [-0.05, 0) is 79.1 Å². The second kappa shape index (κ2) is 10.9. The Morgan fingerprint density at radius 1 is 1.12 bits per heavy atom. The molecule has 0 bridgehead atoms. The van der Waals surface area contributed by atoms with Crippen molar-refractivity contribution in [3.05, 3.63) is 53.3 Å². The molecule has 2 atom stereocenters. The van der Waals surface area contributed by atoms with Gasteiger partial charge in [0.2, 0.25) is 0 Å². The van der Waals surface area contributed by atoms with Gasteiger partial charge in [0.15, 0.2) is 0 Å². The minimum Gasteiger partial charge on any atom is -0.508 e. The molecule has 3 fully saturated rings.